The Morgan fingerprint density at radius 2 is 2.19 bits per heavy atom. The molecule has 0 aliphatic rings. The Morgan fingerprint density at radius 3 is 2.71 bits per heavy atom. The smallest absolute Gasteiger partial charge is 0.308 e. The van der Waals surface area contributed by atoms with E-state index in [0.29, 0.717) is 12.2 Å². The van der Waals surface area contributed by atoms with Crippen molar-refractivity contribution in [1.29, 1.82) is 0 Å². The van der Waals surface area contributed by atoms with Gasteiger partial charge in [-0.15, -0.1) is 5.10 Å². The number of tetrazole rings is 1. The molecule has 0 amide bonds. The van der Waals surface area contributed by atoms with Crippen molar-refractivity contribution in [3.8, 4) is 11.4 Å². The van der Waals surface area contributed by atoms with Crippen molar-refractivity contribution in [2.45, 2.75) is 40.7 Å². The molecule has 2 aromatic rings. The first-order valence-electron chi connectivity index (χ1n) is 6.81. The van der Waals surface area contributed by atoms with Crippen LogP contribution in [0.1, 0.15) is 33.0 Å². The normalized spacial score (nSPS) is 13.3. The van der Waals surface area contributed by atoms with Crippen LogP contribution in [0.4, 0.5) is 0 Å². The van der Waals surface area contributed by atoms with E-state index in [9.17, 15) is 9.90 Å². The predicted octanol–water partition coefficient (Wildman–Crippen LogP) is 2.38. The highest BCUT2D eigenvalue weighted by atomic mass is 16.4. The van der Waals surface area contributed by atoms with E-state index in [1.165, 1.54) is 4.68 Å². The molecule has 1 atom stereocenters. The van der Waals surface area contributed by atoms with Crippen LogP contribution >= 0.6 is 0 Å². The monoisotopic (exact) mass is 292 g/mol. The summed E-state index contributed by atoms with van der Waals surface area (Å²) in [5.74, 6) is -0.106. The van der Waals surface area contributed by atoms with Crippen LogP contribution in [0.3, 0.4) is 0 Å². The molecule has 0 radical (unpaired) electrons. The molecule has 0 spiro atoms. The molecule has 2 rings (SSSR count). The number of carboxylic acid groups (broad SMARTS) is 1. The van der Waals surface area contributed by atoms with Crippen LogP contribution in [0.5, 0.6) is 0 Å². The average molecular weight is 292 g/mol. The number of carbonyl (C=O) groups is 1. The molecule has 114 valence electrons. The number of hydrogen-bond acceptors (Lipinski definition) is 5. The fraction of sp³-hybridized carbons (Fsp3) is 0.571. The third-order valence-corrected chi connectivity index (χ3v) is 3.12. The number of aryl methyl sites for hydroxylation is 1. The largest absolute Gasteiger partial charge is 0.481 e. The Kier molecular flexibility index (Phi) is 4.11. The molecule has 1 unspecified atom stereocenters. The lowest BCUT2D eigenvalue weighted by Crippen LogP contribution is -2.26. The lowest BCUT2D eigenvalue weighted by Gasteiger charge is -2.23. The summed E-state index contributed by atoms with van der Waals surface area (Å²) in [6.07, 6.45) is 2.11. The minimum atomic E-state index is -0.838. The van der Waals surface area contributed by atoms with Crippen LogP contribution in [0.2, 0.25) is 0 Å². The fourth-order valence-electron chi connectivity index (χ4n) is 2.27. The zero-order valence-corrected chi connectivity index (χ0v) is 12.7. The molecule has 21 heavy (non-hydrogen) atoms. The second-order valence-electron chi connectivity index (χ2n) is 6.43. The molecule has 0 fully saturated rings. The van der Waals surface area contributed by atoms with Crippen molar-refractivity contribution < 1.29 is 14.3 Å². The Balaban J connectivity index is 2.22. The lowest BCUT2D eigenvalue weighted by molar-refractivity contribution is -0.143. The van der Waals surface area contributed by atoms with E-state index in [-0.39, 0.29) is 12.0 Å². The molecular weight excluding hydrogens is 272 g/mol. The summed E-state index contributed by atoms with van der Waals surface area (Å²) in [6.45, 7) is 8.12. The van der Waals surface area contributed by atoms with E-state index < -0.39 is 11.9 Å². The molecule has 0 bridgehead atoms. The highest BCUT2D eigenvalue weighted by Crippen LogP contribution is 2.27. The van der Waals surface area contributed by atoms with Crippen molar-refractivity contribution >= 4 is 5.97 Å². The van der Waals surface area contributed by atoms with Gasteiger partial charge in [-0.25, -0.2) is 4.68 Å². The molecule has 2 aromatic heterocycles. The maximum absolute atomic E-state index is 11.5. The minimum Gasteiger partial charge on any atom is -0.481 e. The van der Waals surface area contributed by atoms with Gasteiger partial charge < -0.3 is 9.52 Å². The van der Waals surface area contributed by atoms with Crippen molar-refractivity contribution in [3.05, 3.63) is 18.1 Å². The Hall–Kier alpha value is -2.18. The number of rotatable bonds is 5. The molecule has 2 heterocycles. The zero-order chi connectivity index (χ0) is 15.6. The maximum atomic E-state index is 11.5. The van der Waals surface area contributed by atoms with Crippen LogP contribution < -0.4 is 0 Å². The van der Waals surface area contributed by atoms with E-state index in [2.05, 4.69) is 15.5 Å². The number of hydrogen-bond donors (Lipinski definition) is 1. The Morgan fingerprint density at radius 1 is 1.48 bits per heavy atom. The van der Waals surface area contributed by atoms with Gasteiger partial charge in [0.2, 0.25) is 0 Å². The van der Waals surface area contributed by atoms with E-state index in [4.69, 9.17) is 4.42 Å². The summed E-state index contributed by atoms with van der Waals surface area (Å²) in [4.78, 5) is 11.5. The fourth-order valence-corrected chi connectivity index (χ4v) is 2.27. The van der Waals surface area contributed by atoms with Gasteiger partial charge in [0.15, 0.2) is 5.82 Å². The highest BCUT2D eigenvalue weighted by molar-refractivity contribution is 5.70. The van der Waals surface area contributed by atoms with E-state index >= 15 is 0 Å². The van der Waals surface area contributed by atoms with Crippen molar-refractivity contribution in [3.63, 3.8) is 0 Å². The number of aliphatic carboxylic acids is 1. The SMILES string of the molecule is Cc1cc(-c2nnnn2CC(CC(C)(C)C)C(=O)O)co1. The standard InChI is InChI=1S/C14H20N4O3/c1-9-5-10(8-21-9)12-15-16-17-18(12)7-11(13(19)20)6-14(2,3)4/h5,8,11H,6-7H2,1-4H3,(H,19,20). The van der Waals surface area contributed by atoms with Gasteiger partial charge in [0.05, 0.1) is 18.0 Å². The Bertz CT molecular complexity index is 624. The summed E-state index contributed by atoms with van der Waals surface area (Å²) in [5, 5.41) is 20.9. The summed E-state index contributed by atoms with van der Waals surface area (Å²) < 4.78 is 6.77. The minimum absolute atomic E-state index is 0.0799. The summed E-state index contributed by atoms with van der Waals surface area (Å²) in [7, 11) is 0. The second-order valence-corrected chi connectivity index (χ2v) is 6.43. The zero-order valence-electron chi connectivity index (χ0n) is 12.7. The van der Waals surface area contributed by atoms with Crippen molar-refractivity contribution in [2.75, 3.05) is 0 Å². The van der Waals surface area contributed by atoms with Gasteiger partial charge in [-0.3, -0.25) is 4.79 Å². The molecular formula is C14H20N4O3. The summed E-state index contributed by atoms with van der Waals surface area (Å²) >= 11 is 0. The van der Waals surface area contributed by atoms with Crippen LogP contribution in [0.25, 0.3) is 11.4 Å². The average Bonchev–Trinajstić information content (AvgIpc) is 2.95. The molecule has 0 aromatic carbocycles. The van der Waals surface area contributed by atoms with Crippen molar-refractivity contribution in [2.24, 2.45) is 11.3 Å². The molecule has 0 saturated carbocycles. The first-order valence-corrected chi connectivity index (χ1v) is 6.81. The first-order chi connectivity index (χ1) is 9.76. The van der Waals surface area contributed by atoms with Gasteiger partial charge in [-0.1, -0.05) is 20.8 Å². The molecule has 1 N–H and O–H groups in total. The van der Waals surface area contributed by atoms with Crippen LogP contribution in [0, 0.1) is 18.3 Å². The van der Waals surface area contributed by atoms with Crippen LogP contribution in [-0.4, -0.2) is 31.3 Å². The molecule has 7 heteroatoms. The number of furan rings is 1. The second kappa shape index (κ2) is 5.67. The number of aromatic nitrogens is 4. The number of carboxylic acids is 1. The predicted molar refractivity (Wildman–Crippen MR) is 75.5 cm³/mol. The van der Waals surface area contributed by atoms with Gasteiger partial charge in [0, 0.05) is 0 Å². The molecule has 0 aliphatic carbocycles. The highest BCUT2D eigenvalue weighted by Gasteiger charge is 2.26. The van der Waals surface area contributed by atoms with Crippen LogP contribution in [-0.2, 0) is 11.3 Å². The number of nitrogens with zero attached hydrogens (tertiary/aromatic N) is 4. The van der Waals surface area contributed by atoms with Gasteiger partial charge >= 0.3 is 5.97 Å². The van der Waals surface area contributed by atoms with Gasteiger partial charge in [0.25, 0.3) is 0 Å². The summed E-state index contributed by atoms with van der Waals surface area (Å²) in [5.41, 5.74) is 0.668. The van der Waals surface area contributed by atoms with Gasteiger partial charge in [-0.2, -0.15) is 0 Å². The van der Waals surface area contributed by atoms with Crippen LogP contribution in [0.15, 0.2) is 16.7 Å². The maximum Gasteiger partial charge on any atom is 0.308 e. The van der Waals surface area contributed by atoms with E-state index in [1.54, 1.807) is 6.26 Å². The molecule has 0 aliphatic heterocycles. The quantitative estimate of drug-likeness (QED) is 0.909. The first kappa shape index (κ1) is 15.2. The molecule has 0 saturated heterocycles. The third kappa shape index (κ3) is 3.90. The van der Waals surface area contributed by atoms with E-state index in [0.717, 1.165) is 11.3 Å². The Labute approximate surface area is 123 Å². The van der Waals surface area contributed by atoms with Gasteiger partial charge in [-0.05, 0) is 35.3 Å². The van der Waals surface area contributed by atoms with Crippen molar-refractivity contribution in [1.82, 2.24) is 20.2 Å². The van der Waals surface area contributed by atoms with E-state index in [1.807, 2.05) is 33.8 Å². The lowest BCUT2D eigenvalue weighted by atomic mass is 9.84. The van der Waals surface area contributed by atoms with Gasteiger partial charge in [0.1, 0.15) is 12.0 Å². The molecule has 7 nitrogen and oxygen atoms in total. The third-order valence-electron chi connectivity index (χ3n) is 3.12. The summed E-state index contributed by atoms with van der Waals surface area (Å²) in [6, 6.07) is 1.82. The topological polar surface area (TPSA) is 94.0 Å².